The summed E-state index contributed by atoms with van der Waals surface area (Å²) in [6.07, 6.45) is 1.08. The van der Waals surface area contributed by atoms with Gasteiger partial charge in [0.05, 0.1) is 11.0 Å². The normalized spacial score (nSPS) is 22.2. The molecule has 1 aliphatic heterocycles. The molecule has 1 fully saturated rings. The Morgan fingerprint density at radius 2 is 2.19 bits per heavy atom. The number of nitrogens with one attached hydrogen (secondary N) is 1. The maximum absolute atomic E-state index is 12.2. The van der Waals surface area contributed by atoms with Crippen LogP contribution in [-0.2, 0) is 13.8 Å². The molecular weight excluding hydrogens is 314 g/mol. The molecule has 7 heteroatoms. The minimum atomic E-state index is -3.78. The Labute approximate surface area is 129 Å². The number of amides is 1. The molecule has 1 amide bonds. The van der Waals surface area contributed by atoms with E-state index < -0.39 is 9.05 Å². The van der Waals surface area contributed by atoms with Crippen molar-refractivity contribution in [2.75, 3.05) is 13.2 Å². The van der Waals surface area contributed by atoms with Crippen molar-refractivity contribution in [3.8, 4) is 0 Å². The van der Waals surface area contributed by atoms with Gasteiger partial charge in [-0.05, 0) is 44.0 Å². The first-order chi connectivity index (χ1) is 9.79. The van der Waals surface area contributed by atoms with Crippen LogP contribution in [0.2, 0.25) is 0 Å². The summed E-state index contributed by atoms with van der Waals surface area (Å²) >= 11 is 0. The highest BCUT2D eigenvalue weighted by atomic mass is 35.7. The van der Waals surface area contributed by atoms with Crippen molar-refractivity contribution in [1.29, 1.82) is 0 Å². The van der Waals surface area contributed by atoms with Gasteiger partial charge in [0.25, 0.3) is 15.0 Å². The van der Waals surface area contributed by atoms with Crippen LogP contribution in [0, 0.1) is 12.8 Å². The van der Waals surface area contributed by atoms with Gasteiger partial charge in [-0.2, -0.15) is 0 Å². The number of aryl methyl sites for hydroxylation is 1. The lowest BCUT2D eigenvalue weighted by molar-refractivity contribution is 0.0907. The average molecular weight is 332 g/mol. The van der Waals surface area contributed by atoms with Crippen LogP contribution in [-0.4, -0.2) is 33.6 Å². The van der Waals surface area contributed by atoms with E-state index in [0.29, 0.717) is 23.6 Å². The molecule has 0 radical (unpaired) electrons. The molecule has 1 aromatic carbocycles. The monoisotopic (exact) mass is 331 g/mol. The molecule has 0 aliphatic carbocycles. The van der Waals surface area contributed by atoms with Crippen LogP contribution in [0.3, 0.4) is 0 Å². The van der Waals surface area contributed by atoms with Crippen LogP contribution in [0.4, 0.5) is 0 Å². The lowest BCUT2D eigenvalue weighted by atomic mass is 10.0. The highest BCUT2D eigenvalue weighted by Gasteiger charge is 2.25. The fourth-order valence-electron chi connectivity index (χ4n) is 2.41. The Hall–Kier alpha value is -1.11. The van der Waals surface area contributed by atoms with Crippen molar-refractivity contribution in [3.05, 3.63) is 29.3 Å². The fraction of sp³-hybridized carbons (Fsp3) is 0.500. The molecule has 21 heavy (non-hydrogen) atoms. The Morgan fingerprint density at radius 3 is 2.71 bits per heavy atom. The Balaban J connectivity index is 2.06. The first-order valence-corrected chi connectivity index (χ1v) is 9.05. The number of carbonyl (C=O) groups excluding carboxylic acids is 1. The second kappa shape index (κ2) is 6.34. The highest BCUT2D eigenvalue weighted by molar-refractivity contribution is 8.13. The zero-order chi connectivity index (χ0) is 15.6. The van der Waals surface area contributed by atoms with Gasteiger partial charge in [0, 0.05) is 35.3 Å². The molecule has 2 rings (SSSR count). The van der Waals surface area contributed by atoms with E-state index in [1.807, 2.05) is 6.92 Å². The van der Waals surface area contributed by atoms with Gasteiger partial charge in [-0.3, -0.25) is 4.79 Å². The predicted octanol–water partition coefficient (Wildman–Crippen LogP) is 2.08. The number of ether oxygens (including phenoxy) is 1. The third-order valence-electron chi connectivity index (χ3n) is 3.78. The minimum absolute atomic E-state index is 0.00367. The molecule has 2 unspecified atom stereocenters. The summed E-state index contributed by atoms with van der Waals surface area (Å²) in [6, 6.07) is 4.22. The molecule has 1 heterocycles. The lowest BCUT2D eigenvalue weighted by Crippen LogP contribution is -2.32. The fourth-order valence-corrected chi connectivity index (χ4v) is 3.24. The van der Waals surface area contributed by atoms with Gasteiger partial charge in [0.2, 0.25) is 0 Å². The van der Waals surface area contributed by atoms with Crippen molar-refractivity contribution < 1.29 is 17.9 Å². The molecule has 1 aromatic rings. The van der Waals surface area contributed by atoms with E-state index in [9.17, 15) is 13.2 Å². The van der Waals surface area contributed by atoms with Gasteiger partial charge in [0.15, 0.2) is 0 Å². The number of rotatable bonds is 4. The highest BCUT2D eigenvalue weighted by Crippen LogP contribution is 2.21. The summed E-state index contributed by atoms with van der Waals surface area (Å²) < 4.78 is 28.0. The molecular formula is C14H18ClNO4S. The van der Waals surface area contributed by atoms with Gasteiger partial charge < -0.3 is 10.1 Å². The van der Waals surface area contributed by atoms with Crippen LogP contribution in [0.5, 0.6) is 0 Å². The quantitative estimate of drug-likeness (QED) is 0.857. The number of benzene rings is 1. The number of carbonyl (C=O) groups is 1. The Kier molecular flexibility index (Phi) is 4.91. The lowest BCUT2D eigenvalue weighted by Gasteiger charge is -2.15. The van der Waals surface area contributed by atoms with Gasteiger partial charge in [0.1, 0.15) is 0 Å². The van der Waals surface area contributed by atoms with E-state index >= 15 is 0 Å². The number of hydrogen-bond acceptors (Lipinski definition) is 4. The smallest absolute Gasteiger partial charge is 0.261 e. The molecule has 5 nitrogen and oxygen atoms in total. The molecule has 0 spiro atoms. The summed E-state index contributed by atoms with van der Waals surface area (Å²) in [5.74, 6) is 0.0990. The van der Waals surface area contributed by atoms with Crippen LogP contribution >= 0.6 is 10.7 Å². The Bertz CT molecular complexity index is 644. The van der Waals surface area contributed by atoms with Crippen molar-refractivity contribution in [3.63, 3.8) is 0 Å². The number of halogens is 1. The largest absolute Gasteiger partial charge is 0.378 e. The maximum atomic E-state index is 12.2. The third kappa shape index (κ3) is 3.96. The molecule has 0 bridgehead atoms. The van der Waals surface area contributed by atoms with E-state index in [1.165, 1.54) is 18.2 Å². The zero-order valence-electron chi connectivity index (χ0n) is 11.9. The van der Waals surface area contributed by atoms with Crippen LogP contribution in [0.25, 0.3) is 0 Å². The van der Waals surface area contributed by atoms with Crippen molar-refractivity contribution in [2.45, 2.75) is 31.3 Å². The summed E-state index contributed by atoms with van der Waals surface area (Å²) in [6.45, 7) is 4.95. The summed E-state index contributed by atoms with van der Waals surface area (Å²) in [4.78, 5) is 12.2. The molecule has 0 saturated carbocycles. The summed E-state index contributed by atoms with van der Waals surface area (Å²) in [5.41, 5.74) is 1.02. The van der Waals surface area contributed by atoms with E-state index in [2.05, 4.69) is 5.32 Å². The van der Waals surface area contributed by atoms with Gasteiger partial charge in [-0.15, -0.1) is 0 Å². The molecule has 116 valence electrons. The topological polar surface area (TPSA) is 72.5 Å². The van der Waals surface area contributed by atoms with E-state index in [4.69, 9.17) is 15.4 Å². The van der Waals surface area contributed by atoms with E-state index in [1.54, 1.807) is 6.92 Å². The second-order valence-corrected chi connectivity index (χ2v) is 7.82. The van der Waals surface area contributed by atoms with Gasteiger partial charge in [-0.25, -0.2) is 8.42 Å². The summed E-state index contributed by atoms with van der Waals surface area (Å²) in [7, 11) is 1.51. The minimum Gasteiger partial charge on any atom is -0.378 e. The average Bonchev–Trinajstić information content (AvgIpc) is 2.80. The van der Waals surface area contributed by atoms with Gasteiger partial charge in [-0.1, -0.05) is 0 Å². The van der Waals surface area contributed by atoms with Gasteiger partial charge >= 0.3 is 0 Å². The molecule has 0 aromatic heterocycles. The second-order valence-electron chi connectivity index (χ2n) is 5.25. The summed E-state index contributed by atoms with van der Waals surface area (Å²) in [5, 5.41) is 2.87. The van der Waals surface area contributed by atoms with Crippen molar-refractivity contribution in [1.82, 2.24) is 5.32 Å². The SMILES string of the molecule is Cc1cc(S(=O)(=O)Cl)ccc1C(=O)NCC1CCOC1C. The maximum Gasteiger partial charge on any atom is 0.261 e. The van der Waals surface area contributed by atoms with Crippen molar-refractivity contribution in [2.24, 2.45) is 5.92 Å². The van der Waals surface area contributed by atoms with E-state index in [0.717, 1.165) is 13.0 Å². The third-order valence-corrected chi connectivity index (χ3v) is 5.13. The van der Waals surface area contributed by atoms with Crippen LogP contribution in [0.15, 0.2) is 23.1 Å². The van der Waals surface area contributed by atoms with E-state index in [-0.39, 0.29) is 16.9 Å². The van der Waals surface area contributed by atoms with Crippen LogP contribution in [0.1, 0.15) is 29.3 Å². The molecule has 1 saturated heterocycles. The van der Waals surface area contributed by atoms with Crippen molar-refractivity contribution >= 4 is 25.6 Å². The number of hydrogen-bond donors (Lipinski definition) is 1. The first kappa shape index (κ1) is 16.3. The zero-order valence-corrected chi connectivity index (χ0v) is 13.5. The predicted molar refractivity (Wildman–Crippen MR) is 80.1 cm³/mol. The van der Waals surface area contributed by atoms with Crippen LogP contribution < -0.4 is 5.32 Å². The standard InChI is InChI=1S/C14H18ClNO4S/c1-9-7-12(21(15,18)19)3-4-13(9)14(17)16-8-11-5-6-20-10(11)2/h3-4,7,10-11H,5-6,8H2,1-2H3,(H,16,17). The molecule has 2 atom stereocenters. The molecule has 1 aliphatic rings. The molecule has 1 N–H and O–H groups in total. The first-order valence-electron chi connectivity index (χ1n) is 6.74. The Morgan fingerprint density at radius 1 is 1.48 bits per heavy atom.